The minimum atomic E-state index is -0.926. The van der Waals surface area contributed by atoms with Crippen molar-refractivity contribution in [1.29, 1.82) is 0 Å². The summed E-state index contributed by atoms with van der Waals surface area (Å²) in [5.41, 5.74) is 1.56. The Morgan fingerprint density at radius 3 is 2.91 bits per heavy atom. The lowest BCUT2D eigenvalue weighted by Gasteiger charge is -2.17. The Labute approximate surface area is 128 Å². The highest BCUT2D eigenvalue weighted by atomic mass is 16.5. The van der Waals surface area contributed by atoms with Crippen molar-refractivity contribution in [2.45, 2.75) is 12.5 Å². The molecular weight excluding hydrogens is 282 g/mol. The number of ether oxygens (including phenoxy) is 1. The fourth-order valence-corrected chi connectivity index (χ4v) is 2.72. The number of likely N-dealkylation sites (tertiary alicyclic amines) is 1. The van der Waals surface area contributed by atoms with Crippen molar-refractivity contribution in [3.63, 3.8) is 0 Å². The van der Waals surface area contributed by atoms with Crippen LogP contribution < -0.4 is 4.74 Å². The van der Waals surface area contributed by atoms with Gasteiger partial charge >= 0.3 is 6.09 Å². The molecule has 114 valence electrons. The standard InChI is InChI=1S/C16H17N3O3/c1-2-5-11-9-19(16(20)21)10-14(11)22-15-8-17-12-6-3-4-7-13(12)18-15/h2-4,6-8,11,14H,1,5,9-10H2,(H,20,21). The van der Waals surface area contributed by atoms with Crippen LogP contribution >= 0.6 is 0 Å². The van der Waals surface area contributed by atoms with Crippen LogP contribution in [0.2, 0.25) is 0 Å². The van der Waals surface area contributed by atoms with E-state index in [1.807, 2.05) is 24.3 Å². The molecule has 6 heteroatoms. The molecule has 1 N–H and O–H groups in total. The van der Waals surface area contributed by atoms with Crippen molar-refractivity contribution in [3.8, 4) is 5.88 Å². The van der Waals surface area contributed by atoms with Gasteiger partial charge < -0.3 is 14.7 Å². The molecule has 0 saturated carbocycles. The van der Waals surface area contributed by atoms with Crippen molar-refractivity contribution in [2.75, 3.05) is 13.1 Å². The van der Waals surface area contributed by atoms with E-state index in [4.69, 9.17) is 9.84 Å². The first kappa shape index (κ1) is 14.3. The number of nitrogens with zero attached hydrogens (tertiary/aromatic N) is 3. The Hall–Kier alpha value is -2.63. The number of hydrogen-bond donors (Lipinski definition) is 1. The van der Waals surface area contributed by atoms with Crippen LogP contribution in [0.4, 0.5) is 4.79 Å². The first-order chi connectivity index (χ1) is 10.7. The molecule has 1 fully saturated rings. The summed E-state index contributed by atoms with van der Waals surface area (Å²) < 4.78 is 5.90. The number of rotatable bonds is 4. The van der Waals surface area contributed by atoms with Gasteiger partial charge in [0.25, 0.3) is 0 Å². The number of amides is 1. The van der Waals surface area contributed by atoms with Crippen LogP contribution in [0.15, 0.2) is 43.1 Å². The van der Waals surface area contributed by atoms with E-state index < -0.39 is 6.09 Å². The zero-order valence-electron chi connectivity index (χ0n) is 12.1. The molecule has 3 rings (SSSR count). The quantitative estimate of drug-likeness (QED) is 0.878. The molecule has 2 unspecified atom stereocenters. The Balaban J connectivity index is 1.79. The van der Waals surface area contributed by atoms with Crippen LogP contribution in [0.3, 0.4) is 0 Å². The molecule has 0 radical (unpaired) electrons. The summed E-state index contributed by atoms with van der Waals surface area (Å²) in [5.74, 6) is 0.506. The van der Waals surface area contributed by atoms with Crippen LogP contribution in [0.25, 0.3) is 11.0 Å². The van der Waals surface area contributed by atoms with E-state index in [2.05, 4.69) is 16.5 Å². The predicted molar refractivity (Wildman–Crippen MR) is 81.9 cm³/mol. The van der Waals surface area contributed by atoms with Crippen molar-refractivity contribution < 1.29 is 14.6 Å². The zero-order valence-corrected chi connectivity index (χ0v) is 12.1. The summed E-state index contributed by atoms with van der Waals surface area (Å²) in [4.78, 5) is 21.2. The molecule has 0 bridgehead atoms. The maximum Gasteiger partial charge on any atom is 0.407 e. The van der Waals surface area contributed by atoms with Gasteiger partial charge in [-0.15, -0.1) is 6.58 Å². The number of allylic oxidation sites excluding steroid dienone is 1. The Bertz CT molecular complexity index is 704. The summed E-state index contributed by atoms with van der Waals surface area (Å²) >= 11 is 0. The third-order valence-electron chi connectivity index (χ3n) is 3.82. The van der Waals surface area contributed by atoms with Gasteiger partial charge in [0, 0.05) is 12.5 Å². The maximum absolute atomic E-state index is 11.1. The molecule has 0 spiro atoms. The second-order valence-corrected chi connectivity index (χ2v) is 5.33. The lowest BCUT2D eigenvalue weighted by molar-refractivity contribution is 0.141. The minimum Gasteiger partial charge on any atom is -0.471 e. The van der Waals surface area contributed by atoms with E-state index >= 15 is 0 Å². The van der Waals surface area contributed by atoms with Crippen molar-refractivity contribution in [1.82, 2.24) is 14.9 Å². The largest absolute Gasteiger partial charge is 0.471 e. The smallest absolute Gasteiger partial charge is 0.407 e. The van der Waals surface area contributed by atoms with Gasteiger partial charge in [-0.1, -0.05) is 18.2 Å². The molecule has 2 heterocycles. The van der Waals surface area contributed by atoms with Gasteiger partial charge in [-0.25, -0.2) is 14.8 Å². The number of fused-ring (bicyclic) bond motifs is 1. The summed E-state index contributed by atoms with van der Waals surface area (Å²) in [6, 6.07) is 7.55. The van der Waals surface area contributed by atoms with E-state index in [0.29, 0.717) is 25.4 Å². The van der Waals surface area contributed by atoms with Crippen LogP contribution in [0.1, 0.15) is 6.42 Å². The monoisotopic (exact) mass is 299 g/mol. The Kier molecular flexibility index (Phi) is 3.91. The van der Waals surface area contributed by atoms with Crippen LogP contribution in [0.5, 0.6) is 5.88 Å². The van der Waals surface area contributed by atoms with Crippen molar-refractivity contribution in [2.24, 2.45) is 5.92 Å². The molecule has 2 atom stereocenters. The third kappa shape index (κ3) is 2.86. The minimum absolute atomic E-state index is 0.0851. The van der Waals surface area contributed by atoms with E-state index in [0.717, 1.165) is 11.0 Å². The Morgan fingerprint density at radius 2 is 2.18 bits per heavy atom. The molecule has 1 aliphatic rings. The van der Waals surface area contributed by atoms with E-state index in [9.17, 15) is 4.79 Å². The third-order valence-corrected chi connectivity index (χ3v) is 3.82. The van der Waals surface area contributed by atoms with E-state index in [1.54, 1.807) is 12.3 Å². The normalized spacial score (nSPS) is 21.0. The first-order valence-electron chi connectivity index (χ1n) is 7.14. The highest BCUT2D eigenvalue weighted by molar-refractivity contribution is 5.73. The fraction of sp³-hybridized carbons (Fsp3) is 0.312. The van der Waals surface area contributed by atoms with Gasteiger partial charge in [-0.05, 0) is 18.6 Å². The lowest BCUT2D eigenvalue weighted by atomic mass is 10.0. The average Bonchev–Trinajstić information content (AvgIpc) is 2.91. The van der Waals surface area contributed by atoms with Crippen LogP contribution in [-0.4, -0.2) is 45.3 Å². The molecule has 0 aliphatic carbocycles. The fourth-order valence-electron chi connectivity index (χ4n) is 2.72. The van der Waals surface area contributed by atoms with Gasteiger partial charge in [0.2, 0.25) is 5.88 Å². The molecular formula is C16H17N3O3. The summed E-state index contributed by atoms with van der Waals surface area (Å²) in [5, 5.41) is 9.14. The molecule has 1 amide bonds. The van der Waals surface area contributed by atoms with Crippen molar-refractivity contribution in [3.05, 3.63) is 43.1 Å². The topological polar surface area (TPSA) is 75.6 Å². The highest BCUT2D eigenvalue weighted by Crippen LogP contribution is 2.25. The molecule has 1 aliphatic heterocycles. The van der Waals surface area contributed by atoms with Crippen molar-refractivity contribution >= 4 is 17.1 Å². The molecule has 1 aromatic carbocycles. The van der Waals surface area contributed by atoms with E-state index in [1.165, 1.54) is 4.90 Å². The molecule has 22 heavy (non-hydrogen) atoms. The second-order valence-electron chi connectivity index (χ2n) is 5.33. The Morgan fingerprint density at radius 1 is 1.41 bits per heavy atom. The predicted octanol–water partition coefficient (Wildman–Crippen LogP) is 2.56. The van der Waals surface area contributed by atoms with Gasteiger partial charge in [0.05, 0.1) is 23.8 Å². The number of para-hydroxylation sites is 2. The number of aromatic nitrogens is 2. The highest BCUT2D eigenvalue weighted by Gasteiger charge is 2.36. The molecule has 1 aromatic heterocycles. The second kappa shape index (κ2) is 6.01. The van der Waals surface area contributed by atoms with Gasteiger partial charge in [-0.3, -0.25) is 0 Å². The van der Waals surface area contributed by atoms with Crippen LogP contribution in [-0.2, 0) is 0 Å². The first-order valence-corrected chi connectivity index (χ1v) is 7.14. The van der Waals surface area contributed by atoms with Gasteiger partial charge in [0.1, 0.15) is 6.10 Å². The summed E-state index contributed by atoms with van der Waals surface area (Å²) in [6.07, 6.45) is 2.92. The summed E-state index contributed by atoms with van der Waals surface area (Å²) in [7, 11) is 0. The molecule has 6 nitrogen and oxygen atoms in total. The van der Waals surface area contributed by atoms with Gasteiger partial charge in [-0.2, -0.15) is 0 Å². The molecule has 2 aromatic rings. The zero-order chi connectivity index (χ0) is 15.5. The average molecular weight is 299 g/mol. The maximum atomic E-state index is 11.1. The number of carbonyl (C=O) groups is 1. The van der Waals surface area contributed by atoms with Crippen LogP contribution in [0, 0.1) is 5.92 Å². The van der Waals surface area contributed by atoms with Gasteiger partial charge in [0.15, 0.2) is 0 Å². The molecule has 1 saturated heterocycles. The number of benzene rings is 1. The summed E-state index contributed by atoms with van der Waals surface area (Å²) in [6.45, 7) is 4.51. The van der Waals surface area contributed by atoms with E-state index in [-0.39, 0.29) is 12.0 Å². The number of hydrogen-bond acceptors (Lipinski definition) is 4. The lowest BCUT2D eigenvalue weighted by Crippen LogP contribution is -2.29. The number of carboxylic acid groups (broad SMARTS) is 1. The SMILES string of the molecule is C=CCC1CN(C(=O)O)CC1Oc1cnc2ccccc2n1.